The number of hydrogen-bond donors (Lipinski definition) is 1. The van der Waals surface area contributed by atoms with Crippen molar-refractivity contribution in [1.29, 1.82) is 0 Å². The number of rotatable bonds is 8. The van der Waals surface area contributed by atoms with Crippen molar-refractivity contribution in [3.63, 3.8) is 0 Å². The molecule has 4 rings (SSSR count). The zero-order chi connectivity index (χ0) is 20.8. The number of fused-ring (bicyclic) bond motifs is 1. The maximum Gasteiger partial charge on any atom is 0.251 e. The summed E-state index contributed by atoms with van der Waals surface area (Å²) in [5, 5.41) is 3.05. The van der Waals surface area contributed by atoms with Crippen LogP contribution in [-0.4, -0.2) is 27.0 Å². The van der Waals surface area contributed by atoms with Crippen LogP contribution in [0.15, 0.2) is 79.1 Å². The summed E-state index contributed by atoms with van der Waals surface area (Å²) in [6.07, 6.45) is 4.05. The Labute approximate surface area is 175 Å². The van der Waals surface area contributed by atoms with Gasteiger partial charge in [0.15, 0.2) is 0 Å². The number of imidazole rings is 1. The molecule has 0 aliphatic rings. The minimum Gasteiger partial charge on any atom is -0.494 e. The van der Waals surface area contributed by atoms with Crippen molar-refractivity contribution in [3.8, 4) is 5.75 Å². The largest absolute Gasteiger partial charge is 0.494 e. The summed E-state index contributed by atoms with van der Waals surface area (Å²) in [5.74, 6) is 1.56. The van der Waals surface area contributed by atoms with Gasteiger partial charge in [-0.15, -0.1) is 0 Å². The van der Waals surface area contributed by atoms with Crippen LogP contribution in [0.2, 0.25) is 0 Å². The molecule has 1 unspecified atom stereocenters. The normalized spacial score (nSPS) is 11.9. The standard InChI is InChI=1S/C24H24N4O2/c1-18(26-24(29)19-12-14-25-15-13-19)23-27-21-10-5-6-11-22(21)28(23)16-7-17-30-20-8-3-2-4-9-20/h2-6,8-15,18H,7,16-17H2,1H3,(H,26,29). The molecular formula is C24H24N4O2. The fourth-order valence-corrected chi connectivity index (χ4v) is 3.44. The predicted molar refractivity (Wildman–Crippen MR) is 116 cm³/mol. The van der Waals surface area contributed by atoms with Gasteiger partial charge in [-0.2, -0.15) is 0 Å². The molecular weight excluding hydrogens is 376 g/mol. The molecule has 30 heavy (non-hydrogen) atoms. The van der Waals surface area contributed by atoms with Gasteiger partial charge in [-0.25, -0.2) is 4.98 Å². The van der Waals surface area contributed by atoms with Crippen molar-refractivity contribution >= 4 is 16.9 Å². The first-order chi connectivity index (χ1) is 14.7. The minimum absolute atomic E-state index is 0.143. The van der Waals surface area contributed by atoms with Crippen molar-refractivity contribution in [2.45, 2.75) is 25.9 Å². The molecule has 0 radical (unpaired) electrons. The van der Waals surface area contributed by atoms with E-state index in [1.54, 1.807) is 24.5 Å². The highest BCUT2D eigenvalue weighted by molar-refractivity contribution is 5.94. The number of aryl methyl sites for hydroxylation is 1. The third-order valence-electron chi connectivity index (χ3n) is 4.90. The van der Waals surface area contributed by atoms with E-state index in [2.05, 4.69) is 20.9 Å². The molecule has 6 heteroatoms. The molecule has 1 atom stereocenters. The van der Waals surface area contributed by atoms with Crippen LogP contribution in [-0.2, 0) is 6.54 Å². The fraction of sp³-hybridized carbons (Fsp3) is 0.208. The Kier molecular flexibility index (Phi) is 6.03. The molecule has 0 fully saturated rings. The number of carbonyl (C=O) groups is 1. The summed E-state index contributed by atoms with van der Waals surface area (Å²) in [6, 6.07) is 21.0. The van der Waals surface area contributed by atoms with E-state index >= 15 is 0 Å². The van der Waals surface area contributed by atoms with Gasteiger partial charge in [0.05, 0.1) is 23.7 Å². The molecule has 2 aromatic heterocycles. The number of para-hydroxylation sites is 3. The second-order valence-electron chi connectivity index (χ2n) is 7.06. The van der Waals surface area contributed by atoms with Gasteiger partial charge in [0.25, 0.3) is 5.91 Å². The molecule has 0 bridgehead atoms. The number of aromatic nitrogens is 3. The van der Waals surface area contributed by atoms with Crippen LogP contribution in [0, 0.1) is 0 Å². The van der Waals surface area contributed by atoms with Gasteiger partial charge < -0.3 is 14.6 Å². The van der Waals surface area contributed by atoms with Crippen LogP contribution < -0.4 is 10.1 Å². The van der Waals surface area contributed by atoms with Gasteiger partial charge >= 0.3 is 0 Å². The quantitative estimate of drug-likeness (QED) is 0.445. The lowest BCUT2D eigenvalue weighted by Crippen LogP contribution is -2.28. The van der Waals surface area contributed by atoms with Gasteiger partial charge in [-0.1, -0.05) is 30.3 Å². The van der Waals surface area contributed by atoms with Crippen LogP contribution in [0.4, 0.5) is 0 Å². The number of carbonyl (C=O) groups excluding carboxylic acids is 1. The van der Waals surface area contributed by atoms with Crippen LogP contribution >= 0.6 is 0 Å². The molecule has 0 saturated carbocycles. The Morgan fingerprint density at radius 3 is 2.57 bits per heavy atom. The highest BCUT2D eigenvalue weighted by Crippen LogP contribution is 2.22. The molecule has 2 aromatic carbocycles. The van der Waals surface area contributed by atoms with Gasteiger partial charge in [-0.3, -0.25) is 9.78 Å². The summed E-state index contributed by atoms with van der Waals surface area (Å²) in [7, 11) is 0. The zero-order valence-electron chi connectivity index (χ0n) is 16.9. The molecule has 152 valence electrons. The van der Waals surface area contributed by atoms with Crippen molar-refractivity contribution in [3.05, 3.63) is 90.5 Å². The lowest BCUT2D eigenvalue weighted by atomic mass is 10.2. The lowest BCUT2D eigenvalue weighted by Gasteiger charge is -2.16. The predicted octanol–water partition coefficient (Wildman–Crippen LogP) is 4.39. The topological polar surface area (TPSA) is 69.0 Å². The minimum atomic E-state index is -0.242. The summed E-state index contributed by atoms with van der Waals surface area (Å²) in [4.78, 5) is 21.3. The Morgan fingerprint density at radius 2 is 1.77 bits per heavy atom. The number of amides is 1. The Hall–Kier alpha value is -3.67. The van der Waals surface area contributed by atoms with E-state index in [1.807, 2.05) is 55.5 Å². The maximum atomic E-state index is 12.6. The summed E-state index contributed by atoms with van der Waals surface area (Å²) in [6.45, 7) is 3.31. The summed E-state index contributed by atoms with van der Waals surface area (Å²) < 4.78 is 8.00. The number of nitrogens with zero attached hydrogens (tertiary/aromatic N) is 3. The van der Waals surface area contributed by atoms with Gasteiger partial charge in [0.1, 0.15) is 11.6 Å². The third-order valence-corrected chi connectivity index (χ3v) is 4.90. The van der Waals surface area contributed by atoms with Gasteiger partial charge in [-0.05, 0) is 49.7 Å². The Morgan fingerprint density at radius 1 is 1.03 bits per heavy atom. The fourth-order valence-electron chi connectivity index (χ4n) is 3.44. The SMILES string of the molecule is CC(NC(=O)c1ccncc1)c1nc2ccccc2n1CCCOc1ccccc1. The first kappa shape index (κ1) is 19.6. The smallest absolute Gasteiger partial charge is 0.251 e. The molecule has 0 aliphatic carbocycles. The van der Waals surface area contributed by atoms with Crippen molar-refractivity contribution in [2.75, 3.05) is 6.61 Å². The molecule has 2 heterocycles. The van der Waals surface area contributed by atoms with E-state index in [4.69, 9.17) is 9.72 Å². The number of benzene rings is 2. The number of nitrogens with one attached hydrogen (secondary N) is 1. The van der Waals surface area contributed by atoms with Crippen molar-refractivity contribution < 1.29 is 9.53 Å². The second-order valence-corrected chi connectivity index (χ2v) is 7.06. The van der Waals surface area contributed by atoms with E-state index in [1.165, 1.54) is 0 Å². The first-order valence-electron chi connectivity index (χ1n) is 10.1. The molecule has 6 nitrogen and oxygen atoms in total. The van der Waals surface area contributed by atoms with Gasteiger partial charge in [0, 0.05) is 24.5 Å². The first-order valence-corrected chi connectivity index (χ1v) is 10.1. The van der Waals surface area contributed by atoms with E-state index in [-0.39, 0.29) is 11.9 Å². The van der Waals surface area contributed by atoms with E-state index < -0.39 is 0 Å². The Bertz CT molecular complexity index is 1110. The number of hydrogen-bond acceptors (Lipinski definition) is 4. The van der Waals surface area contributed by atoms with Crippen molar-refractivity contribution in [1.82, 2.24) is 19.9 Å². The van der Waals surface area contributed by atoms with Crippen LogP contribution in [0.5, 0.6) is 5.75 Å². The van der Waals surface area contributed by atoms with Crippen LogP contribution in [0.1, 0.15) is 35.6 Å². The second kappa shape index (κ2) is 9.22. The zero-order valence-corrected chi connectivity index (χ0v) is 16.9. The van der Waals surface area contributed by atoms with E-state index in [9.17, 15) is 4.79 Å². The van der Waals surface area contributed by atoms with Crippen LogP contribution in [0.25, 0.3) is 11.0 Å². The average Bonchev–Trinajstić information content (AvgIpc) is 3.17. The van der Waals surface area contributed by atoms with E-state index in [0.717, 1.165) is 35.6 Å². The Balaban J connectivity index is 1.49. The highest BCUT2D eigenvalue weighted by atomic mass is 16.5. The molecule has 1 amide bonds. The van der Waals surface area contributed by atoms with Gasteiger partial charge in [0.2, 0.25) is 0 Å². The molecule has 1 N–H and O–H groups in total. The molecule has 0 aliphatic heterocycles. The third kappa shape index (κ3) is 4.49. The van der Waals surface area contributed by atoms with Crippen LogP contribution in [0.3, 0.4) is 0 Å². The highest BCUT2D eigenvalue weighted by Gasteiger charge is 2.19. The van der Waals surface area contributed by atoms with E-state index in [0.29, 0.717) is 12.2 Å². The summed E-state index contributed by atoms with van der Waals surface area (Å²) >= 11 is 0. The summed E-state index contributed by atoms with van der Waals surface area (Å²) in [5.41, 5.74) is 2.55. The molecule has 4 aromatic rings. The average molecular weight is 400 g/mol. The number of pyridine rings is 1. The van der Waals surface area contributed by atoms with Crippen molar-refractivity contribution in [2.24, 2.45) is 0 Å². The monoisotopic (exact) mass is 400 g/mol. The maximum absolute atomic E-state index is 12.6. The lowest BCUT2D eigenvalue weighted by molar-refractivity contribution is 0.0937. The number of ether oxygens (including phenoxy) is 1. The molecule has 0 saturated heterocycles. The molecule has 0 spiro atoms.